The van der Waals surface area contributed by atoms with Crippen molar-refractivity contribution in [2.24, 2.45) is 0 Å². The predicted molar refractivity (Wildman–Crippen MR) is 100 cm³/mol. The van der Waals surface area contributed by atoms with Crippen molar-refractivity contribution >= 4 is 28.5 Å². The summed E-state index contributed by atoms with van der Waals surface area (Å²) in [6.45, 7) is -2.23. The van der Waals surface area contributed by atoms with Gasteiger partial charge in [-0.05, 0) is 36.8 Å². The van der Waals surface area contributed by atoms with Crippen LogP contribution in [0.25, 0.3) is 10.9 Å². The summed E-state index contributed by atoms with van der Waals surface area (Å²) in [7, 11) is 0. The molecule has 0 saturated heterocycles. The van der Waals surface area contributed by atoms with Gasteiger partial charge in [-0.15, -0.1) is 0 Å². The summed E-state index contributed by atoms with van der Waals surface area (Å²) in [4.78, 5) is 15.3. The lowest BCUT2D eigenvalue weighted by Gasteiger charge is -2.18. The van der Waals surface area contributed by atoms with Gasteiger partial charge >= 0.3 is 12.6 Å². The number of fused-ring (bicyclic) bond motifs is 1. The van der Waals surface area contributed by atoms with Crippen LogP contribution in [0.15, 0.2) is 36.4 Å². The Morgan fingerprint density at radius 1 is 1.21 bits per heavy atom. The third-order valence-corrected chi connectivity index (χ3v) is 4.47. The molecule has 1 aromatic heterocycles. The molecule has 5 nitrogen and oxygen atoms in total. The molecule has 0 unspecified atom stereocenters. The Kier molecular flexibility index (Phi) is 6.12. The number of carbonyl (C=O) groups is 1. The number of halogens is 4. The molecule has 0 saturated carbocycles. The molecule has 0 radical (unpaired) electrons. The van der Waals surface area contributed by atoms with Crippen molar-refractivity contribution in [1.82, 2.24) is 4.98 Å². The SMILES string of the molecule is Cc1nc2c(Cl)ccc(OCC(=O)O)c2c(OC(F)F)c1Cc1ccc(F)cc1. The topological polar surface area (TPSA) is 68.7 Å². The van der Waals surface area contributed by atoms with E-state index in [9.17, 15) is 18.0 Å². The fourth-order valence-electron chi connectivity index (χ4n) is 2.92. The molecule has 1 N–H and O–H groups in total. The van der Waals surface area contributed by atoms with Crippen LogP contribution in [-0.2, 0) is 11.2 Å². The highest BCUT2D eigenvalue weighted by Crippen LogP contribution is 2.41. The Labute approximate surface area is 168 Å². The second kappa shape index (κ2) is 8.57. The smallest absolute Gasteiger partial charge is 0.387 e. The molecule has 0 spiro atoms. The van der Waals surface area contributed by atoms with E-state index in [0.29, 0.717) is 16.8 Å². The van der Waals surface area contributed by atoms with Crippen LogP contribution >= 0.6 is 11.6 Å². The number of hydrogen-bond donors (Lipinski definition) is 1. The Bertz CT molecular complexity index is 1060. The molecule has 29 heavy (non-hydrogen) atoms. The number of aromatic nitrogens is 1. The minimum Gasteiger partial charge on any atom is -0.481 e. The van der Waals surface area contributed by atoms with Crippen LogP contribution in [0.3, 0.4) is 0 Å². The second-order valence-electron chi connectivity index (χ2n) is 6.14. The van der Waals surface area contributed by atoms with E-state index in [1.165, 1.54) is 36.4 Å². The first kappa shape index (κ1) is 20.7. The molecule has 0 aliphatic rings. The fraction of sp³-hybridized carbons (Fsp3) is 0.200. The molecule has 0 amide bonds. The van der Waals surface area contributed by atoms with E-state index < -0.39 is 25.0 Å². The largest absolute Gasteiger partial charge is 0.481 e. The Hall–Kier alpha value is -3.00. The van der Waals surface area contributed by atoms with E-state index in [-0.39, 0.29) is 33.8 Å². The molecule has 3 aromatic rings. The van der Waals surface area contributed by atoms with Crippen molar-refractivity contribution in [2.45, 2.75) is 20.0 Å². The van der Waals surface area contributed by atoms with Crippen LogP contribution in [-0.4, -0.2) is 29.3 Å². The Balaban J connectivity index is 2.23. The number of aryl methyl sites for hydroxylation is 1. The van der Waals surface area contributed by atoms with Gasteiger partial charge in [-0.3, -0.25) is 4.98 Å². The predicted octanol–water partition coefficient (Wildman–Crippen LogP) is 4.99. The summed E-state index contributed by atoms with van der Waals surface area (Å²) in [5.41, 5.74) is 1.50. The van der Waals surface area contributed by atoms with Gasteiger partial charge in [-0.25, -0.2) is 9.18 Å². The maximum absolute atomic E-state index is 13.2. The van der Waals surface area contributed by atoms with E-state index >= 15 is 0 Å². The van der Waals surface area contributed by atoms with Gasteiger partial charge in [0.2, 0.25) is 0 Å². The summed E-state index contributed by atoms with van der Waals surface area (Å²) >= 11 is 6.18. The molecule has 0 atom stereocenters. The number of benzene rings is 2. The molecule has 0 fully saturated rings. The molecule has 3 rings (SSSR count). The fourth-order valence-corrected chi connectivity index (χ4v) is 3.12. The van der Waals surface area contributed by atoms with Gasteiger partial charge in [0, 0.05) is 17.7 Å². The van der Waals surface area contributed by atoms with E-state index in [0.717, 1.165) is 0 Å². The lowest BCUT2D eigenvalue weighted by atomic mass is 9.99. The number of pyridine rings is 1. The quantitative estimate of drug-likeness (QED) is 0.577. The normalized spacial score (nSPS) is 11.1. The number of nitrogens with zero attached hydrogens (tertiary/aromatic N) is 1. The number of alkyl halides is 2. The zero-order chi connectivity index (χ0) is 21.1. The van der Waals surface area contributed by atoms with E-state index in [2.05, 4.69) is 4.98 Å². The standard InChI is InChI=1S/C20H15ClF3NO4/c1-10-13(8-11-2-4-12(22)5-3-11)19(29-20(23)24)17-15(28-9-16(26)27)7-6-14(21)18(17)25-10/h2-7,20H,8-9H2,1H3,(H,26,27). The number of hydrogen-bond acceptors (Lipinski definition) is 4. The summed E-state index contributed by atoms with van der Waals surface area (Å²) in [5, 5.41) is 9.09. The third-order valence-electron chi connectivity index (χ3n) is 4.16. The van der Waals surface area contributed by atoms with Crippen molar-refractivity contribution in [1.29, 1.82) is 0 Å². The molecular formula is C20H15ClF3NO4. The zero-order valence-electron chi connectivity index (χ0n) is 15.1. The molecule has 1 heterocycles. The first-order valence-electron chi connectivity index (χ1n) is 8.41. The maximum atomic E-state index is 13.2. The van der Waals surface area contributed by atoms with Crippen LogP contribution in [0.1, 0.15) is 16.8 Å². The van der Waals surface area contributed by atoms with E-state index in [4.69, 9.17) is 26.2 Å². The van der Waals surface area contributed by atoms with Gasteiger partial charge in [0.1, 0.15) is 17.3 Å². The van der Waals surface area contributed by atoms with Crippen molar-refractivity contribution < 1.29 is 32.5 Å². The first-order chi connectivity index (χ1) is 13.8. The van der Waals surface area contributed by atoms with E-state index in [1.807, 2.05) is 0 Å². The highest BCUT2D eigenvalue weighted by Gasteiger charge is 2.23. The third kappa shape index (κ3) is 4.71. The highest BCUT2D eigenvalue weighted by atomic mass is 35.5. The number of rotatable bonds is 7. The minimum atomic E-state index is -3.15. The second-order valence-corrected chi connectivity index (χ2v) is 6.55. The van der Waals surface area contributed by atoms with Crippen molar-refractivity contribution in [2.75, 3.05) is 6.61 Å². The van der Waals surface area contributed by atoms with Gasteiger partial charge in [0.25, 0.3) is 0 Å². The first-order valence-corrected chi connectivity index (χ1v) is 8.79. The zero-order valence-corrected chi connectivity index (χ0v) is 15.8. The summed E-state index contributed by atoms with van der Waals surface area (Å²) in [5.74, 6) is -1.89. The van der Waals surface area contributed by atoms with Gasteiger partial charge in [0.15, 0.2) is 6.61 Å². The van der Waals surface area contributed by atoms with Gasteiger partial charge in [-0.1, -0.05) is 23.7 Å². The summed E-state index contributed by atoms with van der Waals surface area (Å²) in [6, 6.07) is 8.34. The van der Waals surface area contributed by atoms with Gasteiger partial charge in [-0.2, -0.15) is 8.78 Å². The number of aliphatic carboxylic acids is 1. The summed E-state index contributed by atoms with van der Waals surface area (Å²) in [6.07, 6.45) is 0.127. The van der Waals surface area contributed by atoms with Crippen molar-refractivity contribution in [3.63, 3.8) is 0 Å². The van der Waals surface area contributed by atoms with Gasteiger partial charge < -0.3 is 14.6 Å². The van der Waals surface area contributed by atoms with Crippen LogP contribution in [0.5, 0.6) is 11.5 Å². The molecule has 152 valence electrons. The summed E-state index contributed by atoms with van der Waals surface area (Å²) < 4.78 is 49.7. The van der Waals surface area contributed by atoms with Crippen molar-refractivity contribution in [3.05, 3.63) is 64.1 Å². The van der Waals surface area contributed by atoms with Crippen LogP contribution in [0.4, 0.5) is 13.2 Å². The molecule has 0 bridgehead atoms. The highest BCUT2D eigenvalue weighted by molar-refractivity contribution is 6.35. The van der Waals surface area contributed by atoms with Crippen LogP contribution in [0.2, 0.25) is 5.02 Å². The Morgan fingerprint density at radius 2 is 1.90 bits per heavy atom. The molecule has 9 heteroatoms. The minimum absolute atomic E-state index is 0.00435. The maximum Gasteiger partial charge on any atom is 0.387 e. The lowest BCUT2D eigenvalue weighted by Crippen LogP contribution is -2.12. The molecular weight excluding hydrogens is 411 g/mol. The Morgan fingerprint density at radius 3 is 2.52 bits per heavy atom. The number of carboxylic acids is 1. The van der Waals surface area contributed by atoms with Crippen molar-refractivity contribution in [3.8, 4) is 11.5 Å². The van der Waals surface area contributed by atoms with Gasteiger partial charge in [0.05, 0.1) is 15.9 Å². The number of ether oxygens (including phenoxy) is 2. The van der Waals surface area contributed by atoms with Crippen LogP contribution in [0, 0.1) is 12.7 Å². The molecule has 0 aliphatic heterocycles. The van der Waals surface area contributed by atoms with E-state index in [1.54, 1.807) is 6.92 Å². The average molecular weight is 426 g/mol. The number of carboxylic acid groups (broad SMARTS) is 1. The average Bonchev–Trinajstić information content (AvgIpc) is 2.65. The molecule has 0 aliphatic carbocycles. The lowest BCUT2D eigenvalue weighted by molar-refractivity contribution is -0.139. The molecule has 2 aromatic carbocycles. The van der Waals surface area contributed by atoms with Crippen LogP contribution < -0.4 is 9.47 Å². The monoisotopic (exact) mass is 425 g/mol.